The minimum atomic E-state index is -3.52. The molecule has 0 radical (unpaired) electrons. The number of nitrogens with zero attached hydrogens (tertiary/aromatic N) is 2. The Balaban J connectivity index is 1.82. The maximum atomic E-state index is 12.1. The smallest absolute Gasteiger partial charge is 0.410 e. The van der Waals surface area contributed by atoms with E-state index in [9.17, 15) is 18.0 Å². The molecule has 2 amide bonds. The molecule has 0 aliphatic carbocycles. The van der Waals surface area contributed by atoms with Crippen LogP contribution in [0.5, 0.6) is 0 Å². The van der Waals surface area contributed by atoms with Crippen molar-refractivity contribution in [2.24, 2.45) is 11.1 Å². The maximum absolute atomic E-state index is 12.1. The van der Waals surface area contributed by atoms with Crippen LogP contribution < -0.4 is 5.14 Å². The van der Waals surface area contributed by atoms with Crippen molar-refractivity contribution in [3.05, 3.63) is 0 Å². The predicted molar refractivity (Wildman–Crippen MR) is 88.6 cm³/mol. The van der Waals surface area contributed by atoms with Gasteiger partial charge in [-0.15, -0.1) is 0 Å². The van der Waals surface area contributed by atoms with Gasteiger partial charge in [0.25, 0.3) is 0 Å². The number of primary sulfonamides is 1. The number of hydrogen-bond acceptors (Lipinski definition) is 5. The standard InChI is InChI=1S/C15H27N3O5S/c1-11(2)13-10-23-15(20)18(13)12-5-7-17(8-6-12)14(19)4-3-9-24(16,21)22/h11-13H,3-10H2,1-2H3,(H2,16,21,22). The van der Waals surface area contributed by atoms with Crippen molar-refractivity contribution in [2.75, 3.05) is 25.4 Å². The van der Waals surface area contributed by atoms with Crippen LogP contribution in [-0.4, -0.2) is 67.8 Å². The highest BCUT2D eigenvalue weighted by molar-refractivity contribution is 7.89. The molecule has 0 saturated carbocycles. The minimum absolute atomic E-state index is 0.0542. The minimum Gasteiger partial charge on any atom is -0.447 e. The van der Waals surface area contributed by atoms with Crippen LogP contribution in [0.3, 0.4) is 0 Å². The summed E-state index contributed by atoms with van der Waals surface area (Å²) in [6, 6.07) is 0.195. The van der Waals surface area contributed by atoms with Crippen LogP contribution in [-0.2, 0) is 19.6 Å². The van der Waals surface area contributed by atoms with Crippen molar-refractivity contribution in [1.29, 1.82) is 0 Å². The fourth-order valence-corrected chi connectivity index (χ4v) is 3.90. The molecule has 9 heteroatoms. The van der Waals surface area contributed by atoms with Gasteiger partial charge < -0.3 is 9.64 Å². The summed E-state index contributed by atoms with van der Waals surface area (Å²) in [7, 11) is -3.52. The number of ether oxygens (including phenoxy) is 1. The average Bonchev–Trinajstić information content (AvgIpc) is 2.88. The number of rotatable bonds is 6. The third-order valence-corrected chi connectivity index (χ3v) is 5.60. The summed E-state index contributed by atoms with van der Waals surface area (Å²) in [6.45, 7) is 5.73. The lowest BCUT2D eigenvalue weighted by Gasteiger charge is -2.38. The van der Waals surface area contributed by atoms with Crippen LogP contribution in [0.15, 0.2) is 0 Å². The SMILES string of the molecule is CC(C)C1COC(=O)N1C1CCN(C(=O)CCCS(N)(=O)=O)CC1. The van der Waals surface area contributed by atoms with Crippen molar-refractivity contribution in [2.45, 2.75) is 51.6 Å². The predicted octanol–water partition coefficient (Wildman–Crippen LogP) is 0.523. The van der Waals surface area contributed by atoms with Gasteiger partial charge in [-0.1, -0.05) is 13.8 Å². The van der Waals surface area contributed by atoms with Crippen molar-refractivity contribution < 1.29 is 22.7 Å². The Labute approximate surface area is 143 Å². The van der Waals surface area contributed by atoms with E-state index in [4.69, 9.17) is 9.88 Å². The van der Waals surface area contributed by atoms with Gasteiger partial charge in [0.15, 0.2) is 0 Å². The molecule has 0 aromatic heterocycles. The Bertz CT molecular complexity index is 570. The van der Waals surface area contributed by atoms with E-state index in [1.165, 1.54) is 0 Å². The average molecular weight is 361 g/mol. The number of likely N-dealkylation sites (tertiary alicyclic amines) is 1. The van der Waals surface area contributed by atoms with Gasteiger partial charge in [0, 0.05) is 25.6 Å². The molecule has 1 atom stereocenters. The van der Waals surface area contributed by atoms with Gasteiger partial charge >= 0.3 is 6.09 Å². The van der Waals surface area contributed by atoms with Crippen LogP contribution in [0.1, 0.15) is 39.5 Å². The quantitative estimate of drug-likeness (QED) is 0.742. The number of hydrogen-bond donors (Lipinski definition) is 1. The molecule has 0 bridgehead atoms. The highest BCUT2D eigenvalue weighted by Gasteiger charge is 2.40. The number of nitrogens with two attached hydrogens (primary N) is 1. The second kappa shape index (κ2) is 7.69. The van der Waals surface area contributed by atoms with Gasteiger partial charge in [0.1, 0.15) is 6.61 Å². The van der Waals surface area contributed by atoms with Gasteiger partial charge in [-0.2, -0.15) is 0 Å². The molecule has 8 nitrogen and oxygen atoms in total. The summed E-state index contributed by atoms with van der Waals surface area (Å²) in [4.78, 5) is 27.7. The molecular weight excluding hydrogens is 334 g/mol. The number of piperidine rings is 1. The second-order valence-electron chi connectivity index (χ2n) is 6.88. The zero-order valence-corrected chi connectivity index (χ0v) is 15.1. The molecule has 2 saturated heterocycles. The third kappa shape index (κ3) is 4.83. The molecule has 0 spiro atoms. The molecule has 2 aliphatic rings. The first-order valence-corrected chi connectivity index (χ1v) is 10.1. The molecule has 2 heterocycles. The molecule has 0 aromatic rings. The van der Waals surface area contributed by atoms with Crippen LogP contribution in [0.2, 0.25) is 0 Å². The summed E-state index contributed by atoms with van der Waals surface area (Å²) in [5.41, 5.74) is 0. The van der Waals surface area contributed by atoms with E-state index in [2.05, 4.69) is 13.8 Å². The zero-order valence-electron chi connectivity index (χ0n) is 14.3. The molecule has 24 heavy (non-hydrogen) atoms. The van der Waals surface area contributed by atoms with Gasteiger partial charge in [0.2, 0.25) is 15.9 Å². The van der Waals surface area contributed by atoms with Crippen LogP contribution in [0.25, 0.3) is 0 Å². The van der Waals surface area contributed by atoms with E-state index >= 15 is 0 Å². The van der Waals surface area contributed by atoms with Gasteiger partial charge in [-0.05, 0) is 25.2 Å². The monoisotopic (exact) mass is 361 g/mol. The van der Waals surface area contributed by atoms with Crippen LogP contribution >= 0.6 is 0 Å². The Morgan fingerprint density at radius 1 is 1.33 bits per heavy atom. The molecule has 1 unspecified atom stereocenters. The summed E-state index contributed by atoms with van der Waals surface area (Å²) in [5.74, 6) is 0.0982. The Morgan fingerprint density at radius 3 is 2.50 bits per heavy atom. The lowest BCUT2D eigenvalue weighted by molar-refractivity contribution is -0.132. The van der Waals surface area contributed by atoms with E-state index in [0.717, 1.165) is 12.8 Å². The third-order valence-electron chi connectivity index (χ3n) is 4.75. The number of carbonyl (C=O) groups excluding carboxylic acids is 2. The Morgan fingerprint density at radius 2 is 1.96 bits per heavy atom. The molecule has 2 rings (SSSR count). The summed E-state index contributed by atoms with van der Waals surface area (Å²) < 4.78 is 27.0. The second-order valence-corrected chi connectivity index (χ2v) is 8.61. The van der Waals surface area contributed by atoms with E-state index < -0.39 is 10.0 Å². The van der Waals surface area contributed by atoms with E-state index in [1.807, 2.05) is 4.90 Å². The molecule has 138 valence electrons. The molecule has 0 aromatic carbocycles. The summed E-state index contributed by atoms with van der Waals surface area (Å²) >= 11 is 0. The van der Waals surface area contributed by atoms with Crippen molar-refractivity contribution in [3.63, 3.8) is 0 Å². The lowest BCUT2D eigenvalue weighted by atomic mass is 9.97. The fraction of sp³-hybridized carbons (Fsp3) is 0.867. The number of amides is 2. The highest BCUT2D eigenvalue weighted by Crippen LogP contribution is 2.27. The Kier molecular flexibility index (Phi) is 6.08. The molecule has 2 fully saturated rings. The normalized spacial score (nSPS) is 23.0. The summed E-state index contributed by atoms with van der Waals surface area (Å²) in [6.07, 6.45) is 1.61. The molecular formula is C15H27N3O5S. The number of cyclic esters (lactones) is 1. The van der Waals surface area contributed by atoms with Gasteiger partial charge in [-0.25, -0.2) is 18.4 Å². The van der Waals surface area contributed by atoms with Crippen LogP contribution in [0, 0.1) is 5.92 Å². The molecule has 2 N–H and O–H groups in total. The van der Waals surface area contributed by atoms with E-state index in [1.54, 1.807) is 4.90 Å². The lowest BCUT2D eigenvalue weighted by Crippen LogP contribution is -2.50. The number of carbonyl (C=O) groups is 2. The van der Waals surface area contributed by atoms with Gasteiger partial charge in [-0.3, -0.25) is 9.69 Å². The first-order chi connectivity index (χ1) is 11.2. The Hall–Kier alpha value is -1.35. The largest absolute Gasteiger partial charge is 0.447 e. The zero-order chi connectivity index (χ0) is 17.9. The van der Waals surface area contributed by atoms with Crippen molar-refractivity contribution >= 4 is 22.0 Å². The van der Waals surface area contributed by atoms with Crippen molar-refractivity contribution in [3.8, 4) is 0 Å². The van der Waals surface area contributed by atoms with E-state index in [0.29, 0.717) is 25.6 Å². The topological polar surface area (TPSA) is 110 Å². The first-order valence-electron chi connectivity index (χ1n) is 8.42. The number of sulfonamides is 1. The van der Waals surface area contributed by atoms with Crippen LogP contribution in [0.4, 0.5) is 4.79 Å². The van der Waals surface area contributed by atoms with Crippen molar-refractivity contribution in [1.82, 2.24) is 9.80 Å². The highest BCUT2D eigenvalue weighted by atomic mass is 32.2. The van der Waals surface area contributed by atoms with Gasteiger partial charge in [0.05, 0.1) is 11.8 Å². The summed E-state index contributed by atoms with van der Waals surface area (Å²) in [5, 5.41) is 4.94. The van der Waals surface area contributed by atoms with E-state index in [-0.39, 0.29) is 42.7 Å². The fourth-order valence-electron chi connectivity index (χ4n) is 3.36. The molecule has 2 aliphatic heterocycles. The first kappa shape index (κ1) is 19.0. The maximum Gasteiger partial charge on any atom is 0.410 e.